The summed E-state index contributed by atoms with van der Waals surface area (Å²) >= 11 is 13.4. The number of hydrogen-bond acceptors (Lipinski definition) is 3. The molecule has 0 aliphatic carbocycles. The lowest BCUT2D eigenvalue weighted by Gasteiger charge is -2.09. The summed E-state index contributed by atoms with van der Waals surface area (Å²) in [5.74, 6) is -0.205. The van der Waals surface area contributed by atoms with Crippen LogP contribution in [-0.2, 0) is 6.54 Å². The molecule has 0 fully saturated rings. The summed E-state index contributed by atoms with van der Waals surface area (Å²) in [4.78, 5) is 16.7. The first kappa shape index (κ1) is 16.0. The van der Waals surface area contributed by atoms with E-state index in [1.165, 1.54) is 0 Å². The van der Waals surface area contributed by atoms with E-state index < -0.39 is 0 Å². The number of pyridine rings is 1. The molecule has 1 amide bonds. The largest absolute Gasteiger partial charge is 0.348 e. The summed E-state index contributed by atoms with van der Waals surface area (Å²) < 4.78 is 0. The van der Waals surface area contributed by atoms with Crippen LogP contribution in [-0.4, -0.2) is 10.9 Å². The van der Waals surface area contributed by atoms with Crippen molar-refractivity contribution in [3.8, 4) is 11.3 Å². The van der Waals surface area contributed by atoms with Gasteiger partial charge < -0.3 is 5.32 Å². The predicted molar refractivity (Wildman–Crippen MR) is 95.2 cm³/mol. The zero-order valence-corrected chi connectivity index (χ0v) is 14.3. The van der Waals surface area contributed by atoms with Crippen LogP contribution in [0.25, 0.3) is 11.3 Å². The molecule has 0 bridgehead atoms. The molecule has 116 valence electrons. The Hall–Kier alpha value is -1.88. The summed E-state index contributed by atoms with van der Waals surface area (Å²) in [6.45, 7) is 0.387. The third kappa shape index (κ3) is 3.72. The summed E-state index contributed by atoms with van der Waals surface area (Å²) in [6.07, 6.45) is 1.75. The van der Waals surface area contributed by atoms with Crippen LogP contribution in [0, 0.1) is 0 Å². The van der Waals surface area contributed by atoms with E-state index >= 15 is 0 Å². The average molecular weight is 363 g/mol. The molecular formula is C17H12Cl2N2OS. The van der Waals surface area contributed by atoms with Gasteiger partial charge in [0.15, 0.2) is 0 Å². The van der Waals surface area contributed by atoms with Crippen molar-refractivity contribution in [1.29, 1.82) is 0 Å². The van der Waals surface area contributed by atoms with Gasteiger partial charge in [0.1, 0.15) is 0 Å². The van der Waals surface area contributed by atoms with E-state index in [0.717, 1.165) is 16.8 Å². The number of nitrogens with one attached hydrogen (secondary N) is 1. The fourth-order valence-electron chi connectivity index (χ4n) is 2.16. The Morgan fingerprint density at radius 2 is 2.04 bits per heavy atom. The molecule has 0 spiro atoms. The van der Waals surface area contributed by atoms with Gasteiger partial charge in [0.05, 0.1) is 15.7 Å². The Labute approximate surface area is 147 Å². The van der Waals surface area contributed by atoms with E-state index in [4.69, 9.17) is 23.2 Å². The average Bonchev–Trinajstić information content (AvgIpc) is 3.10. The van der Waals surface area contributed by atoms with Gasteiger partial charge in [-0.2, -0.15) is 11.3 Å². The third-order valence-electron chi connectivity index (χ3n) is 3.31. The highest BCUT2D eigenvalue weighted by Crippen LogP contribution is 2.24. The number of aromatic nitrogens is 1. The number of rotatable bonds is 4. The number of carbonyl (C=O) groups excluding carboxylic acids is 1. The van der Waals surface area contributed by atoms with Crippen molar-refractivity contribution in [2.75, 3.05) is 0 Å². The van der Waals surface area contributed by atoms with E-state index in [0.29, 0.717) is 22.2 Å². The van der Waals surface area contributed by atoms with Crippen LogP contribution in [0.5, 0.6) is 0 Å². The molecule has 23 heavy (non-hydrogen) atoms. The fourth-order valence-corrected chi connectivity index (χ4v) is 3.09. The summed E-state index contributed by atoms with van der Waals surface area (Å²) in [7, 11) is 0. The van der Waals surface area contributed by atoms with Crippen molar-refractivity contribution in [2.45, 2.75) is 6.54 Å². The highest BCUT2D eigenvalue weighted by Gasteiger charge is 2.11. The minimum absolute atomic E-state index is 0.205. The SMILES string of the molecule is O=C(NCc1cccnc1-c1ccsc1)c1ccc(Cl)c(Cl)c1. The van der Waals surface area contributed by atoms with Crippen molar-refractivity contribution in [2.24, 2.45) is 0 Å². The molecule has 2 heterocycles. The highest BCUT2D eigenvalue weighted by atomic mass is 35.5. The highest BCUT2D eigenvalue weighted by molar-refractivity contribution is 7.08. The molecule has 2 aromatic heterocycles. The van der Waals surface area contributed by atoms with Gasteiger partial charge in [-0.3, -0.25) is 9.78 Å². The molecule has 0 radical (unpaired) electrons. The number of benzene rings is 1. The first-order chi connectivity index (χ1) is 11.1. The minimum Gasteiger partial charge on any atom is -0.348 e. The Kier molecular flexibility index (Phi) is 4.96. The van der Waals surface area contributed by atoms with Crippen molar-refractivity contribution in [1.82, 2.24) is 10.3 Å². The number of nitrogens with zero attached hydrogens (tertiary/aromatic N) is 1. The third-order valence-corrected chi connectivity index (χ3v) is 4.73. The molecule has 1 N–H and O–H groups in total. The zero-order chi connectivity index (χ0) is 16.2. The zero-order valence-electron chi connectivity index (χ0n) is 11.9. The second kappa shape index (κ2) is 7.13. The number of halogens is 2. The van der Waals surface area contributed by atoms with Crippen molar-refractivity contribution >= 4 is 40.4 Å². The standard InChI is InChI=1S/C17H12Cl2N2OS/c18-14-4-3-11(8-15(14)19)17(22)21-9-12-2-1-6-20-16(12)13-5-7-23-10-13/h1-8,10H,9H2,(H,21,22). The molecule has 3 aromatic rings. The Balaban J connectivity index is 1.76. The van der Waals surface area contributed by atoms with Gasteiger partial charge >= 0.3 is 0 Å². The second-order valence-corrected chi connectivity index (χ2v) is 6.43. The maximum atomic E-state index is 12.2. The maximum Gasteiger partial charge on any atom is 0.251 e. The van der Waals surface area contributed by atoms with Gasteiger partial charge in [0, 0.05) is 29.2 Å². The summed E-state index contributed by atoms with van der Waals surface area (Å²) in [5, 5.41) is 7.71. The molecule has 3 nitrogen and oxygen atoms in total. The normalized spacial score (nSPS) is 10.5. The van der Waals surface area contributed by atoms with Gasteiger partial charge in [0.2, 0.25) is 0 Å². The molecule has 6 heteroatoms. The fraction of sp³-hybridized carbons (Fsp3) is 0.0588. The van der Waals surface area contributed by atoms with Crippen LogP contribution in [0.4, 0.5) is 0 Å². The Morgan fingerprint density at radius 3 is 2.78 bits per heavy atom. The van der Waals surface area contributed by atoms with Crippen molar-refractivity contribution in [3.05, 3.63) is 74.5 Å². The van der Waals surface area contributed by atoms with Gasteiger partial charge in [-0.05, 0) is 41.3 Å². The maximum absolute atomic E-state index is 12.2. The summed E-state index contributed by atoms with van der Waals surface area (Å²) in [5.41, 5.74) is 3.36. The number of thiophene rings is 1. The van der Waals surface area contributed by atoms with Gasteiger partial charge in [-0.1, -0.05) is 29.3 Å². The lowest BCUT2D eigenvalue weighted by Crippen LogP contribution is -2.23. The van der Waals surface area contributed by atoms with Crippen LogP contribution in [0.1, 0.15) is 15.9 Å². The van der Waals surface area contributed by atoms with Gasteiger partial charge in [0.25, 0.3) is 5.91 Å². The molecule has 0 unspecified atom stereocenters. The lowest BCUT2D eigenvalue weighted by atomic mass is 10.1. The van der Waals surface area contributed by atoms with Crippen molar-refractivity contribution < 1.29 is 4.79 Å². The van der Waals surface area contributed by atoms with Crippen LogP contribution in [0.2, 0.25) is 10.0 Å². The second-order valence-electron chi connectivity index (χ2n) is 4.83. The Morgan fingerprint density at radius 1 is 1.17 bits per heavy atom. The number of hydrogen-bond donors (Lipinski definition) is 1. The monoisotopic (exact) mass is 362 g/mol. The van der Waals surface area contributed by atoms with Gasteiger partial charge in [-0.15, -0.1) is 0 Å². The predicted octanol–water partition coefficient (Wildman–Crippen LogP) is 5.05. The van der Waals surface area contributed by atoms with E-state index in [9.17, 15) is 4.79 Å². The Bertz CT molecular complexity index is 834. The molecule has 0 atom stereocenters. The molecule has 0 saturated carbocycles. The van der Waals surface area contributed by atoms with Crippen LogP contribution < -0.4 is 5.32 Å². The molecule has 1 aromatic carbocycles. The van der Waals surface area contributed by atoms with E-state index in [1.807, 2.05) is 29.0 Å². The van der Waals surface area contributed by atoms with Crippen LogP contribution in [0.3, 0.4) is 0 Å². The van der Waals surface area contributed by atoms with E-state index in [2.05, 4.69) is 10.3 Å². The van der Waals surface area contributed by atoms with Crippen LogP contribution in [0.15, 0.2) is 53.4 Å². The number of amides is 1. The molecule has 3 rings (SSSR count). The molecule has 0 aliphatic heterocycles. The molecule has 0 aliphatic rings. The number of carbonyl (C=O) groups is 1. The van der Waals surface area contributed by atoms with Crippen molar-refractivity contribution in [3.63, 3.8) is 0 Å². The first-order valence-electron chi connectivity index (χ1n) is 6.85. The van der Waals surface area contributed by atoms with Crippen LogP contribution >= 0.6 is 34.5 Å². The van der Waals surface area contributed by atoms with E-state index in [-0.39, 0.29) is 5.91 Å². The smallest absolute Gasteiger partial charge is 0.251 e. The molecular weight excluding hydrogens is 351 g/mol. The summed E-state index contributed by atoms with van der Waals surface area (Å²) in [6, 6.07) is 10.6. The first-order valence-corrected chi connectivity index (χ1v) is 8.55. The minimum atomic E-state index is -0.205. The molecule has 0 saturated heterocycles. The van der Waals surface area contributed by atoms with E-state index in [1.54, 1.807) is 35.7 Å². The quantitative estimate of drug-likeness (QED) is 0.705. The lowest BCUT2D eigenvalue weighted by molar-refractivity contribution is 0.0951. The topological polar surface area (TPSA) is 42.0 Å². The van der Waals surface area contributed by atoms with Gasteiger partial charge in [-0.25, -0.2) is 0 Å².